The molecule has 24 heavy (non-hydrogen) atoms. The third-order valence-corrected chi connectivity index (χ3v) is 5.86. The minimum atomic E-state index is -1.18. The zero-order valence-corrected chi connectivity index (χ0v) is 14.1. The van der Waals surface area contributed by atoms with Crippen LogP contribution in [-0.2, 0) is 11.8 Å². The summed E-state index contributed by atoms with van der Waals surface area (Å²) in [5.41, 5.74) is 4.93. The lowest BCUT2D eigenvalue weighted by Crippen LogP contribution is -2.61. The number of carbonyl (C=O) groups is 1. The number of rotatable bonds is 3. The highest BCUT2D eigenvalue weighted by atomic mass is 16.3. The van der Waals surface area contributed by atoms with Gasteiger partial charge in [-0.05, 0) is 36.8 Å². The van der Waals surface area contributed by atoms with E-state index in [2.05, 4.69) is 0 Å². The SMILES string of the molecule is CCC[C@]12C[C@@H](O)C=C[C@@]1(O)[C@H](C)Cc1ccc(C(N)=O)c(O)c12. The second-order valence-electron chi connectivity index (χ2n) is 7.25. The van der Waals surface area contributed by atoms with Gasteiger partial charge in [0.15, 0.2) is 0 Å². The summed E-state index contributed by atoms with van der Waals surface area (Å²) in [5, 5.41) is 32.6. The molecule has 0 unspecified atom stereocenters. The van der Waals surface area contributed by atoms with Crippen molar-refractivity contribution in [2.45, 2.75) is 56.7 Å². The molecule has 5 heteroatoms. The van der Waals surface area contributed by atoms with Crippen LogP contribution in [0.25, 0.3) is 0 Å². The first-order valence-corrected chi connectivity index (χ1v) is 8.51. The first kappa shape index (κ1) is 17.0. The Kier molecular flexibility index (Phi) is 3.97. The van der Waals surface area contributed by atoms with Crippen LogP contribution in [-0.4, -0.2) is 32.9 Å². The second-order valence-corrected chi connectivity index (χ2v) is 7.25. The molecule has 0 aromatic heterocycles. The van der Waals surface area contributed by atoms with Gasteiger partial charge in [0.25, 0.3) is 5.91 Å². The van der Waals surface area contributed by atoms with Gasteiger partial charge in [0.2, 0.25) is 0 Å². The average molecular weight is 331 g/mol. The van der Waals surface area contributed by atoms with Crippen molar-refractivity contribution in [1.29, 1.82) is 0 Å². The number of aliphatic hydroxyl groups is 2. The van der Waals surface area contributed by atoms with Crippen molar-refractivity contribution in [2.75, 3.05) is 0 Å². The second kappa shape index (κ2) is 5.60. The lowest BCUT2D eigenvalue weighted by molar-refractivity contribution is -0.0785. The number of aromatic hydroxyl groups is 1. The van der Waals surface area contributed by atoms with Crippen molar-refractivity contribution in [3.8, 4) is 5.75 Å². The molecule has 0 bridgehead atoms. The van der Waals surface area contributed by atoms with Gasteiger partial charge in [-0.1, -0.05) is 38.5 Å². The van der Waals surface area contributed by atoms with Crippen LogP contribution in [0.1, 0.15) is 54.6 Å². The Morgan fingerprint density at radius 3 is 2.75 bits per heavy atom. The lowest BCUT2D eigenvalue weighted by atomic mass is 9.51. The number of hydrogen-bond acceptors (Lipinski definition) is 4. The molecule has 0 heterocycles. The van der Waals surface area contributed by atoms with E-state index in [0.717, 1.165) is 12.0 Å². The monoisotopic (exact) mass is 331 g/mol. The number of carbonyl (C=O) groups excluding carboxylic acids is 1. The molecule has 0 fully saturated rings. The normalized spacial score (nSPS) is 34.5. The lowest BCUT2D eigenvalue weighted by Gasteiger charge is -2.56. The molecule has 0 saturated heterocycles. The van der Waals surface area contributed by atoms with E-state index < -0.39 is 23.0 Å². The Hall–Kier alpha value is -1.85. The third kappa shape index (κ3) is 2.11. The first-order chi connectivity index (χ1) is 11.3. The average Bonchev–Trinajstić information content (AvgIpc) is 2.50. The van der Waals surface area contributed by atoms with Crippen LogP contribution in [0.2, 0.25) is 0 Å². The molecule has 2 aliphatic carbocycles. The van der Waals surface area contributed by atoms with E-state index in [1.165, 1.54) is 0 Å². The summed E-state index contributed by atoms with van der Waals surface area (Å²) in [4.78, 5) is 11.7. The Morgan fingerprint density at radius 2 is 2.12 bits per heavy atom. The molecule has 0 spiro atoms. The predicted octanol–water partition coefficient (Wildman–Crippen LogP) is 1.77. The van der Waals surface area contributed by atoms with Gasteiger partial charge >= 0.3 is 0 Å². The van der Waals surface area contributed by atoms with Crippen LogP contribution in [0.5, 0.6) is 5.75 Å². The van der Waals surface area contributed by atoms with Crippen molar-refractivity contribution in [3.63, 3.8) is 0 Å². The summed E-state index contributed by atoms with van der Waals surface area (Å²) >= 11 is 0. The number of nitrogens with two attached hydrogens (primary N) is 1. The molecular formula is C19H25NO4. The first-order valence-electron chi connectivity index (χ1n) is 8.51. The van der Waals surface area contributed by atoms with Crippen LogP contribution >= 0.6 is 0 Å². The Bertz CT molecular complexity index is 714. The molecule has 0 saturated carbocycles. The Labute approximate surface area is 141 Å². The highest BCUT2D eigenvalue weighted by molar-refractivity contribution is 5.96. The number of hydrogen-bond donors (Lipinski definition) is 4. The van der Waals surface area contributed by atoms with E-state index in [0.29, 0.717) is 24.8 Å². The molecule has 3 rings (SSSR count). The van der Waals surface area contributed by atoms with Crippen LogP contribution in [0.15, 0.2) is 24.3 Å². The largest absolute Gasteiger partial charge is 0.507 e. The molecule has 2 aliphatic rings. The van der Waals surface area contributed by atoms with Crippen molar-refractivity contribution >= 4 is 5.91 Å². The molecule has 5 nitrogen and oxygen atoms in total. The van der Waals surface area contributed by atoms with Gasteiger partial charge in [0, 0.05) is 11.0 Å². The Balaban J connectivity index is 2.35. The van der Waals surface area contributed by atoms with Gasteiger partial charge in [0.1, 0.15) is 5.75 Å². The maximum Gasteiger partial charge on any atom is 0.252 e. The van der Waals surface area contributed by atoms with Crippen molar-refractivity contribution in [1.82, 2.24) is 0 Å². The number of amides is 1. The molecular weight excluding hydrogens is 306 g/mol. The molecule has 4 atom stereocenters. The van der Waals surface area contributed by atoms with E-state index in [-0.39, 0.29) is 17.2 Å². The summed E-state index contributed by atoms with van der Waals surface area (Å²) in [6.45, 7) is 3.99. The fourth-order valence-electron chi connectivity index (χ4n) is 4.82. The van der Waals surface area contributed by atoms with Gasteiger partial charge in [-0.15, -0.1) is 0 Å². The molecule has 130 valence electrons. The van der Waals surface area contributed by atoms with Gasteiger partial charge in [-0.25, -0.2) is 0 Å². The minimum absolute atomic E-state index is 0.0603. The molecule has 0 radical (unpaired) electrons. The van der Waals surface area contributed by atoms with Crippen LogP contribution in [0.4, 0.5) is 0 Å². The predicted molar refractivity (Wildman–Crippen MR) is 90.8 cm³/mol. The summed E-state index contributed by atoms with van der Waals surface area (Å²) in [7, 11) is 0. The molecule has 1 amide bonds. The van der Waals surface area contributed by atoms with Gasteiger partial charge in [0.05, 0.1) is 17.3 Å². The zero-order chi connectivity index (χ0) is 17.7. The molecule has 5 N–H and O–H groups in total. The topological polar surface area (TPSA) is 104 Å². The highest BCUT2D eigenvalue weighted by Crippen LogP contribution is 2.57. The fraction of sp³-hybridized carbons (Fsp3) is 0.526. The minimum Gasteiger partial charge on any atom is -0.507 e. The van der Waals surface area contributed by atoms with Gasteiger partial charge in [-0.2, -0.15) is 0 Å². The van der Waals surface area contributed by atoms with Crippen LogP contribution in [0, 0.1) is 5.92 Å². The number of aliphatic hydroxyl groups excluding tert-OH is 1. The van der Waals surface area contributed by atoms with Crippen molar-refractivity contribution in [2.24, 2.45) is 11.7 Å². The quantitative estimate of drug-likeness (QED) is 0.634. The van der Waals surface area contributed by atoms with Crippen LogP contribution < -0.4 is 5.73 Å². The summed E-state index contributed by atoms with van der Waals surface area (Å²) in [5.74, 6) is -0.920. The number of benzene rings is 1. The number of primary amides is 1. The van der Waals surface area contributed by atoms with Crippen molar-refractivity contribution in [3.05, 3.63) is 41.0 Å². The smallest absolute Gasteiger partial charge is 0.252 e. The van der Waals surface area contributed by atoms with Crippen molar-refractivity contribution < 1.29 is 20.1 Å². The maximum atomic E-state index is 11.7. The standard InChI is InChI=1S/C19H25NO4/c1-3-7-18-10-13(21)6-8-19(18,24)11(2)9-12-4-5-14(17(20)23)16(22)15(12)18/h4-6,8,11,13,21-22,24H,3,7,9-10H2,1-2H3,(H2,20,23)/t11-,13+,18-,19-/m1/s1. The van der Waals surface area contributed by atoms with Crippen LogP contribution in [0.3, 0.4) is 0 Å². The zero-order valence-electron chi connectivity index (χ0n) is 14.1. The summed E-state index contributed by atoms with van der Waals surface area (Å²) in [6.07, 6.45) is 4.87. The van der Waals surface area contributed by atoms with E-state index in [1.54, 1.807) is 18.2 Å². The Morgan fingerprint density at radius 1 is 1.42 bits per heavy atom. The third-order valence-electron chi connectivity index (χ3n) is 5.86. The number of fused-ring (bicyclic) bond motifs is 3. The summed E-state index contributed by atoms with van der Waals surface area (Å²) < 4.78 is 0. The molecule has 0 aliphatic heterocycles. The molecule has 1 aromatic rings. The van der Waals surface area contributed by atoms with Gasteiger partial charge < -0.3 is 21.1 Å². The van der Waals surface area contributed by atoms with E-state index in [4.69, 9.17) is 5.73 Å². The summed E-state index contributed by atoms with van der Waals surface area (Å²) in [6, 6.07) is 3.36. The number of phenols is 1. The van der Waals surface area contributed by atoms with E-state index >= 15 is 0 Å². The van der Waals surface area contributed by atoms with E-state index in [1.807, 2.05) is 19.9 Å². The maximum absolute atomic E-state index is 11.7. The van der Waals surface area contributed by atoms with Gasteiger partial charge in [-0.3, -0.25) is 4.79 Å². The highest BCUT2D eigenvalue weighted by Gasteiger charge is 2.59. The van der Waals surface area contributed by atoms with E-state index in [9.17, 15) is 20.1 Å². The fourth-order valence-corrected chi connectivity index (χ4v) is 4.82. The molecule has 1 aromatic carbocycles.